The lowest BCUT2D eigenvalue weighted by atomic mass is 10.3. The van der Waals surface area contributed by atoms with Gasteiger partial charge in [0.15, 0.2) is 0 Å². The van der Waals surface area contributed by atoms with E-state index in [1.54, 1.807) is 16.8 Å². The molecule has 0 aliphatic carbocycles. The van der Waals surface area contributed by atoms with E-state index < -0.39 is 0 Å². The van der Waals surface area contributed by atoms with Crippen molar-refractivity contribution >= 4 is 40.6 Å². The monoisotopic (exact) mass is 388 g/mol. The predicted octanol–water partition coefficient (Wildman–Crippen LogP) is 3.11. The molecule has 3 aromatic rings. The number of tetrazole rings is 1. The van der Waals surface area contributed by atoms with Crippen LogP contribution in [0.3, 0.4) is 0 Å². The molecule has 3 rings (SSSR count). The van der Waals surface area contributed by atoms with Gasteiger partial charge in [0.2, 0.25) is 11.1 Å². The highest BCUT2D eigenvalue weighted by Crippen LogP contribution is 2.23. The fourth-order valence-electron chi connectivity index (χ4n) is 2.20. The van der Waals surface area contributed by atoms with Crippen molar-refractivity contribution in [3.63, 3.8) is 0 Å². The molecule has 0 spiro atoms. The Labute approximate surface area is 160 Å². The lowest BCUT2D eigenvalue weighted by Gasteiger charge is -2.12. The number of nitrogens with zero attached hydrogens (tertiary/aromatic N) is 5. The van der Waals surface area contributed by atoms with Gasteiger partial charge in [0.25, 0.3) is 0 Å². The standard InChI is InChI=1S/C17H17ClN6OS/c1-23(2)12-7-9-13(10-8-12)24-17(20-21-22-24)26-11-16(25)19-15-6-4-3-5-14(15)18/h3-10H,11H2,1-2H3,(H,19,25). The first kappa shape index (κ1) is 18.2. The molecular formula is C17H17ClN6OS. The van der Waals surface area contributed by atoms with Gasteiger partial charge in [-0.2, -0.15) is 4.68 Å². The van der Waals surface area contributed by atoms with Crippen molar-refractivity contribution in [3.8, 4) is 5.69 Å². The Hall–Kier alpha value is -2.58. The first-order valence-corrected chi connectivity index (χ1v) is 9.14. The van der Waals surface area contributed by atoms with Gasteiger partial charge in [-0.25, -0.2) is 0 Å². The van der Waals surface area contributed by atoms with Crippen LogP contribution in [-0.2, 0) is 4.79 Å². The number of thioether (sulfide) groups is 1. The maximum absolute atomic E-state index is 12.2. The van der Waals surface area contributed by atoms with E-state index in [-0.39, 0.29) is 11.7 Å². The van der Waals surface area contributed by atoms with E-state index >= 15 is 0 Å². The van der Waals surface area contributed by atoms with Crippen LogP contribution in [-0.4, -0.2) is 46.0 Å². The van der Waals surface area contributed by atoms with Crippen molar-refractivity contribution in [1.82, 2.24) is 20.2 Å². The fourth-order valence-corrected chi connectivity index (χ4v) is 3.08. The second kappa shape index (κ2) is 8.20. The topological polar surface area (TPSA) is 75.9 Å². The number of amides is 1. The quantitative estimate of drug-likeness (QED) is 0.654. The average Bonchev–Trinajstić information content (AvgIpc) is 3.10. The summed E-state index contributed by atoms with van der Waals surface area (Å²) in [5.41, 5.74) is 2.49. The van der Waals surface area contributed by atoms with Crippen molar-refractivity contribution in [2.45, 2.75) is 5.16 Å². The summed E-state index contributed by atoms with van der Waals surface area (Å²) in [6, 6.07) is 14.9. The number of hydrogen-bond acceptors (Lipinski definition) is 6. The zero-order valence-corrected chi connectivity index (χ0v) is 15.8. The molecule has 0 saturated carbocycles. The normalized spacial score (nSPS) is 10.6. The van der Waals surface area contributed by atoms with Crippen molar-refractivity contribution in [3.05, 3.63) is 53.6 Å². The highest BCUT2D eigenvalue weighted by Gasteiger charge is 2.12. The number of carbonyl (C=O) groups excluding carboxylic acids is 1. The van der Waals surface area contributed by atoms with Crippen LogP contribution < -0.4 is 10.2 Å². The first-order chi connectivity index (χ1) is 12.5. The van der Waals surface area contributed by atoms with Gasteiger partial charge in [-0.15, -0.1) is 5.10 Å². The Morgan fingerprint density at radius 1 is 1.19 bits per heavy atom. The van der Waals surface area contributed by atoms with Crippen LogP contribution in [0, 0.1) is 0 Å². The van der Waals surface area contributed by atoms with Crippen LogP contribution >= 0.6 is 23.4 Å². The maximum Gasteiger partial charge on any atom is 0.234 e. The molecule has 26 heavy (non-hydrogen) atoms. The summed E-state index contributed by atoms with van der Waals surface area (Å²) in [7, 11) is 3.95. The van der Waals surface area contributed by atoms with E-state index in [4.69, 9.17) is 11.6 Å². The van der Waals surface area contributed by atoms with E-state index in [1.807, 2.05) is 55.4 Å². The molecule has 0 aliphatic heterocycles. The minimum Gasteiger partial charge on any atom is -0.378 e. The number of hydrogen-bond donors (Lipinski definition) is 1. The summed E-state index contributed by atoms with van der Waals surface area (Å²) in [6.07, 6.45) is 0. The van der Waals surface area contributed by atoms with Crippen molar-refractivity contribution in [2.24, 2.45) is 0 Å². The van der Waals surface area contributed by atoms with E-state index in [9.17, 15) is 4.79 Å². The zero-order chi connectivity index (χ0) is 18.5. The van der Waals surface area contributed by atoms with Gasteiger partial charge in [-0.05, 0) is 46.8 Å². The molecular weight excluding hydrogens is 372 g/mol. The summed E-state index contributed by atoms with van der Waals surface area (Å²) in [5, 5.41) is 15.5. The average molecular weight is 389 g/mol. The molecule has 7 nitrogen and oxygen atoms in total. The number of para-hydroxylation sites is 1. The van der Waals surface area contributed by atoms with E-state index in [2.05, 4.69) is 20.8 Å². The largest absolute Gasteiger partial charge is 0.378 e. The van der Waals surface area contributed by atoms with Crippen LogP contribution in [0.4, 0.5) is 11.4 Å². The third-order valence-corrected chi connectivity index (χ3v) is 4.78. The van der Waals surface area contributed by atoms with Crippen LogP contribution in [0.5, 0.6) is 0 Å². The molecule has 1 heterocycles. The molecule has 0 unspecified atom stereocenters. The minimum atomic E-state index is -0.180. The second-order valence-electron chi connectivity index (χ2n) is 5.60. The van der Waals surface area contributed by atoms with Gasteiger partial charge in [0, 0.05) is 19.8 Å². The van der Waals surface area contributed by atoms with Crippen molar-refractivity contribution in [2.75, 3.05) is 30.1 Å². The van der Waals surface area contributed by atoms with Gasteiger partial charge in [-0.1, -0.05) is 35.5 Å². The summed E-state index contributed by atoms with van der Waals surface area (Å²) in [5.74, 6) is -0.0120. The third kappa shape index (κ3) is 4.33. The van der Waals surface area contributed by atoms with Crippen LogP contribution in [0.1, 0.15) is 0 Å². The summed E-state index contributed by atoms with van der Waals surface area (Å²) < 4.78 is 1.60. The van der Waals surface area contributed by atoms with Gasteiger partial charge >= 0.3 is 0 Å². The van der Waals surface area contributed by atoms with Crippen LogP contribution in [0.15, 0.2) is 53.7 Å². The maximum atomic E-state index is 12.2. The van der Waals surface area contributed by atoms with Crippen LogP contribution in [0.2, 0.25) is 5.02 Å². The minimum absolute atomic E-state index is 0.168. The molecule has 0 saturated heterocycles. The van der Waals surface area contributed by atoms with E-state index in [1.165, 1.54) is 11.8 Å². The molecule has 2 aromatic carbocycles. The summed E-state index contributed by atoms with van der Waals surface area (Å²) in [4.78, 5) is 14.2. The fraction of sp³-hybridized carbons (Fsp3) is 0.176. The lowest BCUT2D eigenvalue weighted by molar-refractivity contribution is -0.113. The number of aromatic nitrogens is 4. The van der Waals surface area contributed by atoms with Gasteiger partial charge in [0.1, 0.15) is 0 Å². The predicted molar refractivity (Wildman–Crippen MR) is 104 cm³/mol. The Morgan fingerprint density at radius 3 is 2.62 bits per heavy atom. The molecule has 0 atom stereocenters. The van der Waals surface area contributed by atoms with E-state index in [0.29, 0.717) is 15.9 Å². The molecule has 134 valence electrons. The molecule has 0 aliphatic rings. The molecule has 1 N–H and O–H groups in total. The number of halogens is 1. The SMILES string of the molecule is CN(C)c1ccc(-n2nnnc2SCC(=O)Nc2ccccc2Cl)cc1. The van der Waals surface area contributed by atoms with E-state index in [0.717, 1.165) is 11.4 Å². The molecule has 0 fully saturated rings. The Kier molecular flexibility index (Phi) is 5.75. The lowest BCUT2D eigenvalue weighted by Crippen LogP contribution is -2.15. The zero-order valence-electron chi connectivity index (χ0n) is 14.3. The number of anilines is 2. The Bertz CT molecular complexity index is 896. The number of nitrogens with one attached hydrogen (secondary N) is 1. The number of benzene rings is 2. The Balaban J connectivity index is 1.65. The van der Waals surface area contributed by atoms with Gasteiger partial charge in [-0.3, -0.25) is 4.79 Å². The third-order valence-electron chi connectivity index (χ3n) is 3.53. The number of carbonyl (C=O) groups is 1. The smallest absolute Gasteiger partial charge is 0.234 e. The highest BCUT2D eigenvalue weighted by atomic mass is 35.5. The van der Waals surface area contributed by atoms with Crippen molar-refractivity contribution < 1.29 is 4.79 Å². The first-order valence-electron chi connectivity index (χ1n) is 7.78. The molecule has 9 heteroatoms. The second-order valence-corrected chi connectivity index (χ2v) is 6.95. The van der Waals surface area contributed by atoms with Gasteiger partial charge < -0.3 is 10.2 Å². The molecule has 1 amide bonds. The van der Waals surface area contributed by atoms with Crippen molar-refractivity contribution in [1.29, 1.82) is 0 Å². The molecule has 0 bridgehead atoms. The molecule has 0 radical (unpaired) electrons. The number of rotatable bonds is 6. The summed E-state index contributed by atoms with van der Waals surface area (Å²) in [6.45, 7) is 0. The molecule has 1 aromatic heterocycles. The van der Waals surface area contributed by atoms with Gasteiger partial charge in [0.05, 0.1) is 22.2 Å². The Morgan fingerprint density at radius 2 is 1.92 bits per heavy atom. The summed E-state index contributed by atoms with van der Waals surface area (Å²) >= 11 is 7.30. The van der Waals surface area contributed by atoms with Crippen LogP contribution in [0.25, 0.3) is 5.69 Å². The highest BCUT2D eigenvalue weighted by molar-refractivity contribution is 7.99.